The van der Waals surface area contributed by atoms with Gasteiger partial charge in [-0.05, 0) is 66.6 Å². The van der Waals surface area contributed by atoms with E-state index in [4.69, 9.17) is 9.88 Å². The molecule has 7 nitrogen and oxygen atoms in total. The van der Waals surface area contributed by atoms with Gasteiger partial charge in [-0.3, -0.25) is 9.59 Å². The molecular formula is C32H24N2O5S. The standard InChI is InChI=1S/C32H24N2O5S/c1-2-39-23-16-12-21(13-17-23)30-28-27(31(35)25-10-6-7-11-26(25)32(28)36)29(20-8-4-3-5-9-20)34(30)22-14-18-24(19-15-22)40(33,37)38/h3-19H,2H2,1H3,(H2,33,37,38). The summed E-state index contributed by atoms with van der Waals surface area (Å²) in [6.45, 7) is 2.40. The predicted molar refractivity (Wildman–Crippen MR) is 152 cm³/mol. The monoisotopic (exact) mass is 548 g/mol. The van der Waals surface area contributed by atoms with Gasteiger partial charge in [-0.2, -0.15) is 0 Å². The molecule has 0 saturated heterocycles. The van der Waals surface area contributed by atoms with E-state index < -0.39 is 10.0 Å². The average molecular weight is 549 g/mol. The molecule has 198 valence electrons. The van der Waals surface area contributed by atoms with Crippen molar-refractivity contribution in [3.63, 3.8) is 0 Å². The number of benzene rings is 4. The van der Waals surface area contributed by atoms with Crippen molar-refractivity contribution in [1.82, 2.24) is 4.57 Å². The van der Waals surface area contributed by atoms with Gasteiger partial charge in [-0.15, -0.1) is 0 Å². The van der Waals surface area contributed by atoms with Crippen LogP contribution in [0.1, 0.15) is 38.8 Å². The van der Waals surface area contributed by atoms with E-state index in [9.17, 15) is 18.0 Å². The predicted octanol–water partition coefficient (Wildman–Crippen LogP) is 5.63. The summed E-state index contributed by atoms with van der Waals surface area (Å²) in [7, 11) is -3.92. The molecular weight excluding hydrogens is 524 g/mol. The van der Waals surface area contributed by atoms with Gasteiger partial charge in [-0.1, -0.05) is 54.6 Å². The minimum absolute atomic E-state index is 0.0448. The number of hydrogen-bond donors (Lipinski definition) is 1. The molecule has 1 aromatic heterocycles. The van der Waals surface area contributed by atoms with Crippen LogP contribution < -0.4 is 9.88 Å². The van der Waals surface area contributed by atoms with Crippen LogP contribution in [0, 0.1) is 0 Å². The first-order chi connectivity index (χ1) is 19.3. The van der Waals surface area contributed by atoms with Gasteiger partial charge in [0.15, 0.2) is 11.6 Å². The highest BCUT2D eigenvalue weighted by Gasteiger charge is 2.39. The molecule has 6 rings (SSSR count). The van der Waals surface area contributed by atoms with Crippen molar-refractivity contribution in [2.45, 2.75) is 11.8 Å². The van der Waals surface area contributed by atoms with Crippen molar-refractivity contribution in [1.29, 1.82) is 0 Å². The fraction of sp³-hybridized carbons (Fsp3) is 0.0625. The lowest BCUT2D eigenvalue weighted by atomic mass is 9.83. The fourth-order valence-corrected chi connectivity index (χ4v) is 5.74. The summed E-state index contributed by atoms with van der Waals surface area (Å²) >= 11 is 0. The molecule has 5 aromatic rings. The lowest BCUT2D eigenvalue weighted by Crippen LogP contribution is -2.20. The normalized spacial score (nSPS) is 12.7. The Labute approximate surface area is 231 Å². The van der Waals surface area contributed by atoms with Crippen molar-refractivity contribution >= 4 is 21.6 Å². The van der Waals surface area contributed by atoms with Crippen LogP contribution in [-0.2, 0) is 10.0 Å². The first kappa shape index (κ1) is 25.5. The summed E-state index contributed by atoms with van der Waals surface area (Å²) in [5, 5.41) is 5.36. The topological polar surface area (TPSA) is 108 Å². The van der Waals surface area contributed by atoms with Crippen LogP contribution in [0.3, 0.4) is 0 Å². The molecule has 4 aromatic carbocycles. The van der Waals surface area contributed by atoms with Crippen molar-refractivity contribution in [2.24, 2.45) is 5.14 Å². The Hall–Kier alpha value is -4.79. The number of primary sulfonamides is 1. The van der Waals surface area contributed by atoms with Crippen LogP contribution in [0.15, 0.2) is 108 Å². The summed E-state index contributed by atoms with van der Waals surface area (Å²) in [4.78, 5) is 28.2. The molecule has 1 heterocycles. The van der Waals surface area contributed by atoms with Gasteiger partial charge in [0.1, 0.15) is 5.75 Å². The average Bonchev–Trinajstić information content (AvgIpc) is 3.33. The van der Waals surface area contributed by atoms with Crippen LogP contribution in [0.25, 0.3) is 28.2 Å². The van der Waals surface area contributed by atoms with E-state index in [1.165, 1.54) is 12.1 Å². The molecule has 0 aliphatic heterocycles. The molecule has 2 N–H and O–H groups in total. The number of nitrogens with zero attached hydrogens (tertiary/aromatic N) is 1. The quantitative estimate of drug-likeness (QED) is 0.290. The number of carbonyl (C=O) groups is 2. The first-order valence-corrected chi connectivity index (χ1v) is 14.2. The third-order valence-corrected chi connectivity index (χ3v) is 7.88. The number of rotatable bonds is 6. The number of carbonyl (C=O) groups excluding carboxylic acids is 2. The second-order valence-electron chi connectivity index (χ2n) is 9.35. The van der Waals surface area contributed by atoms with Crippen molar-refractivity contribution in [3.8, 4) is 34.0 Å². The van der Waals surface area contributed by atoms with Gasteiger partial charge in [0.05, 0.1) is 34.0 Å². The fourth-order valence-electron chi connectivity index (χ4n) is 5.22. The SMILES string of the molecule is CCOc1ccc(-c2c3c(c(-c4ccccc4)n2-c2ccc(S(N)(=O)=O)cc2)C(=O)c2ccccc2C3=O)cc1. The Morgan fingerprint density at radius 1 is 0.675 bits per heavy atom. The molecule has 0 unspecified atom stereocenters. The number of aromatic nitrogens is 1. The molecule has 0 spiro atoms. The van der Waals surface area contributed by atoms with Crippen LogP contribution in [0.4, 0.5) is 0 Å². The van der Waals surface area contributed by atoms with E-state index in [2.05, 4.69) is 0 Å². The summed E-state index contributed by atoms with van der Waals surface area (Å²) in [5.74, 6) is 0.161. The molecule has 0 atom stereocenters. The molecule has 0 saturated carbocycles. The number of fused-ring (bicyclic) bond motifs is 2. The summed E-state index contributed by atoms with van der Waals surface area (Å²) in [6.07, 6.45) is 0. The van der Waals surface area contributed by atoms with E-state index in [0.29, 0.717) is 57.2 Å². The van der Waals surface area contributed by atoms with Gasteiger partial charge in [0, 0.05) is 16.8 Å². The van der Waals surface area contributed by atoms with Crippen LogP contribution in [-0.4, -0.2) is 31.2 Å². The minimum Gasteiger partial charge on any atom is -0.494 e. The van der Waals surface area contributed by atoms with E-state index in [-0.39, 0.29) is 16.5 Å². The van der Waals surface area contributed by atoms with Crippen molar-refractivity contribution in [2.75, 3.05) is 6.61 Å². The number of sulfonamides is 1. The Bertz CT molecular complexity index is 1890. The zero-order chi connectivity index (χ0) is 28.0. The van der Waals surface area contributed by atoms with Gasteiger partial charge >= 0.3 is 0 Å². The van der Waals surface area contributed by atoms with Crippen LogP contribution in [0.2, 0.25) is 0 Å². The lowest BCUT2D eigenvalue weighted by molar-refractivity contribution is 0.0981. The smallest absolute Gasteiger partial charge is 0.238 e. The van der Waals surface area contributed by atoms with E-state index in [1.54, 1.807) is 36.4 Å². The lowest BCUT2D eigenvalue weighted by Gasteiger charge is -2.16. The summed E-state index contributed by atoms with van der Waals surface area (Å²) < 4.78 is 31.5. The van der Waals surface area contributed by atoms with Crippen LogP contribution >= 0.6 is 0 Å². The first-order valence-electron chi connectivity index (χ1n) is 12.7. The number of hydrogen-bond acceptors (Lipinski definition) is 5. The van der Waals surface area contributed by atoms with Gasteiger partial charge in [0.25, 0.3) is 0 Å². The Morgan fingerprint density at radius 2 is 1.18 bits per heavy atom. The van der Waals surface area contributed by atoms with Crippen molar-refractivity contribution < 1.29 is 22.7 Å². The molecule has 1 aliphatic carbocycles. The minimum atomic E-state index is -3.92. The van der Waals surface area contributed by atoms with Gasteiger partial charge in [-0.25, -0.2) is 13.6 Å². The molecule has 40 heavy (non-hydrogen) atoms. The highest BCUT2D eigenvalue weighted by atomic mass is 32.2. The maximum Gasteiger partial charge on any atom is 0.238 e. The van der Waals surface area contributed by atoms with Crippen LogP contribution in [0.5, 0.6) is 5.75 Å². The zero-order valence-electron chi connectivity index (χ0n) is 21.5. The molecule has 1 aliphatic rings. The molecule has 8 heteroatoms. The maximum absolute atomic E-state index is 14.1. The maximum atomic E-state index is 14.1. The number of nitrogens with two attached hydrogens (primary N) is 1. The van der Waals surface area contributed by atoms with E-state index >= 15 is 0 Å². The third-order valence-electron chi connectivity index (χ3n) is 6.95. The Kier molecular flexibility index (Phi) is 6.21. The van der Waals surface area contributed by atoms with Crippen molar-refractivity contribution in [3.05, 3.63) is 125 Å². The molecule has 0 bridgehead atoms. The number of ketones is 2. The Balaban J connectivity index is 1.74. The second-order valence-corrected chi connectivity index (χ2v) is 10.9. The largest absolute Gasteiger partial charge is 0.494 e. The van der Waals surface area contributed by atoms with E-state index in [0.717, 1.165) is 5.56 Å². The highest BCUT2D eigenvalue weighted by Crippen LogP contribution is 2.44. The second kappa shape index (κ2) is 9.75. The molecule has 0 amide bonds. The summed E-state index contributed by atoms with van der Waals surface area (Å²) in [6, 6.07) is 29.6. The molecule has 0 fully saturated rings. The number of ether oxygens (including phenoxy) is 1. The third kappa shape index (κ3) is 4.14. The molecule has 0 radical (unpaired) electrons. The van der Waals surface area contributed by atoms with Gasteiger partial charge in [0.2, 0.25) is 10.0 Å². The highest BCUT2D eigenvalue weighted by molar-refractivity contribution is 7.89. The zero-order valence-corrected chi connectivity index (χ0v) is 22.3. The Morgan fingerprint density at radius 3 is 1.68 bits per heavy atom. The van der Waals surface area contributed by atoms with E-state index in [1.807, 2.05) is 66.1 Å². The van der Waals surface area contributed by atoms with Gasteiger partial charge < -0.3 is 9.30 Å². The summed E-state index contributed by atoms with van der Waals surface area (Å²) in [5.41, 5.74) is 4.32.